The highest BCUT2D eigenvalue weighted by molar-refractivity contribution is 5.79. The second kappa shape index (κ2) is 3.82. The number of ether oxygens (including phenoxy) is 1. The van der Waals surface area contributed by atoms with Crippen LogP contribution in [0.5, 0.6) is 5.75 Å². The van der Waals surface area contributed by atoms with Crippen LogP contribution in [-0.2, 0) is 6.54 Å². The van der Waals surface area contributed by atoms with E-state index >= 15 is 0 Å². The van der Waals surface area contributed by atoms with Gasteiger partial charge in [0.15, 0.2) is 16.8 Å². The zero-order valence-electron chi connectivity index (χ0n) is 7.61. The molecule has 0 fully saturated rings. The molecule has 0 bridgehead atoms. The molecule has 1 heterocycles. The van der Waals surface area contributed by atoms with Crippen LogP contribution in [0.25, 0.3) is 11.1 Å². The van der Waals surface area contributed by atoms with Crippen molar-refractivity contribution < 1.29 is 17.9 Å². The van der Waals surface area contributed by atoms with Crippen LogP contribution >= 0.6 is 0 Å². The van der Waals surface area contributed by atoms with E-state index in [-0.39, 0.29) is 23.7 Å². The number of hydrogen-bond donors (Lipinski definition) is 1. The summed E-state index contributed by atoms with van der Waals surface area (Å²) in [6.07, 6.45) is 0. The standard InChI is InChI=1S/C9H8F2N2O2/c10-9(11)15-6-3-1-2-5-8(6)13-7(4-12)14-5/h1-3,9H,4,12H2. The molecule has 80 valence electrons. The smallest absolute Gasteiger partial charge is 0.387 e. The highest BCUT2D eigenvalue weighted by Crippen LogP contribution is 2.26. The third-order valence-electron chi connectivity index (χ3n) is 1.82. The predicted octanol–water partition coefficient (Wildman–Crippen LogP) is 1.89. The summed E-state index contributed by atoms with van der Waals surface area (Å²) in [5.41, 5.74) is 5.97. The van der Waals surface area contributed by atoms with E-state index in [4.69, 9.17) is 10.2 Å². The monoisotopic (exact) mass is 214 g/mol. The van der Waals surface area contributed by atoms with Crippen molar-refractivity contribution in [1.29, 1.82) is 0 Å². The lowest BCUT2D eigenvalue weighted by Gasteiger charge is -2.02. The summed E-state index contributed by atoms with van der Waals surface area (Å²) in [5.74, 6) is 0.279. The van der Waals surface area contributed by atoms with Gasteiger partial charge >= 0.3 is 6.61 Å². The molecule has 0 saturated heterocycles. The maximum Gasteiger partial charge on any atom is 0.387 e. The lowest BCUT2D eigenvalue weighted by Crippen LogP contribution is -2.02. The minimum Gasteiger partial charge on any atom is -0.439 e. The van der Waals surface area contributed by atoms with E-state index < -0.39 is 6.61 Å². The summed E-state index contributed by atoms with van der Waals surface area (Å²) < 4.78 is 33.5. The molecule has 0 unspecified atom stereocenters. The van der Waals surface area contributed by atoms with E-state index in [1.807, 2.05) is 0 Å². The first kappa shape index (κ1) is 9.85. The average Bonchev–Trinajstić information content (AvgIpc) is 2.61. The van der Waals surface area contributed by atoms with Crippen LogP contribution in [0.2, 0.25) is 0 Å². The molecule has 0 spiro atoms. The first-order valence-corrected chi connectivity index (χ1v) is 4.24. The maximum atomic E-state index is 12.0. The summed E-state index contributed by atoms with van der Waals surface area (Å²) in [6, 6.07) is 4.56. The fraction of sp³-hybridized carbons (Fsp3) is 0.222. The van der Waals surface area contributed by atoms with Gasteiger partial charge in [-0.2, -0.15) is 8.78 Å². The van der Waals surface area contributed by atoms with E-state index in [9.17, 15) is 8.78 Å². The van der Waals surface area contributed by atoms with Crippen LogP contribution in [0.1, 0.15) is 5.89 Å². The summed E-state index contributed by atoms with van der Waals surface area (Å²) in [5, 5.41) is 0. The van der Waals surface area contributed by atoms with E-state index in [0.717, 1.165) is 0 Å². The van der Waals surface area contributed by atoms with Crippen LogP contribution in [-0.4, -0.2) is 11.6 Å². The largest absolute Gasteiger partial charge is 0.439 e. The Morgan fingerprint density at radius 1 is 1.47 bits per heavy atom. The fourth-order valence-electron chi connectivity index (χ4n) is 1.25. The molecule has 6 heteroatoms. The predicted molar refractivity (Wildman–Crippen MR) is 48.5 cm³/mol. The first-order chi connectivity index (χ1) is 7.20. The summed E-state index contributed by atoms with van der Waals surface area (Å²) in [4.78, 5) is 3.93. The van der Waals surface area contributed by atoms with Gasteiger partial charge in [0.05, 0.1) is 6.54 Å². The molecule has 0 aliphatic rings. The zero-order chi connectivity index (χ0) is 10.8. The Kier molecular flexibility index (Phi) is 2.51. The molecule has 0 amide bonds. The van der Waals surface area contributed by atoms with Crippen LogP contribution in [0.15, 0.2) is 22.6 Å². The maximum absolute atomic E-state index is 12.0. The first-order valence-electron chi connectivity index (χ1n) is 4.24. The second-order valence-electron chi connectivity index (χ2n) is 2.79. The Bertz CT molecular complexity index is 470. The van der Waals surface area contributed by atoms with Crippen molar-refractivity contribution in [2.75, 3.05) is 0 Å². The van der Waals surface area contributed by atoms with Crippen LogP contribution < -0.4 is 10.5 Å². The molecule has 0 aliphatic carbocycles. The zero-order valence-corrected chi connectivity index (χ0v) is 7.61. The van der Waals surface area contributed by atoms with Crippen molar-refractivity contribution in [1.82, 2.24) is 4.98 Å². The number of alkyl halides is 2. The normalized spacial score (nSPS) is 11.2. The van der Waals surface area contributed by atoms with Crippen molar-refractivity contribution in [3.63, 3.8) is 0 Å². The SMILES string of the molecule is NCc1nc2c(OC(F)F)cccc2o1. The molecule has 2 N–H and O–H groups in total. The highest BCUT2D eigenvalue weighted by atomic mass is 19.3. The Balaban J connectivity index is 2.49. The van der Waals surface area contributed by atoms with Gasteiger partial charge in [0, 0.05) is 0 Å². The number of halogens is 2. The number of rotatable bonds is 3. The molecule has 2 aromatic rings. The van der Waals surface area contributed by atoms with Crippen molar-refractivity contribution in [2.45, 2.75) is 13.2 Å². The topological polar surface area (TPSA) is 61.3 Å². The number of aromatic nitrogens is 1. The molecule has 0 atom stereocenters. The molecule has 0 aliphatic heterocycles. The average molecular weight is 214 g/mol. The fourth-order valence-corrected chi connectivity index (χ4v) is 1.25. The third kappa shape index (κ3) is 1.89. The van der Waals surface area contributed by atoms with E-state index in [0.29, 0.717) is 5.58 Å². The number of fused-ring (bicyclic) bond motifs is 1. The molecule has 0 radical (unpaired) electrons. The molecule has 15 heavy (non-hydrogen) atoms. The van der Waals surface area contributed by atoms with Crippen molar-refractivity contribution >= 4 is 11.1 Å². The second-order valence-corrected chi connectivity index (χ2v) is 2.79. The van der Waals surface area contributed by atoms with Crippen molar-refractivity contribution in [3.05, 3.63) is 24.1 Å². The minimum absolute atomic E-state index is 0.00838. The molecule has 1 aromatic heterocycles. The Labute approximate surface area is 83.6 Å². The molecular formula is C9H8F2N2O2. The lowest BCUT2D eigenvalue weighted by molar-refractivity contribution is -0.0489. The molecule has 2 rings (SSSR count). The van der Waals surface area contributed by atoms with Crippen LogP contribution in [0, 0.1) is 0 Å². The highest BCUT2D eigenvalue weighted by Gasteiger charge is 2.12. The Hall–Kier alpha value is -1.69. The number of para-hydroxylation sites is 1. The van der Waals surface area contributed by atoms with Gasteiger partial charge in [0.1, 0.15) is 0 Å². The van der Waals surface area contributed by atoms with Crippen molar-refractivity contribution in [3.8, 4) is 5.75 Å². The number of benzene rings is 1. The summed E-state index contributed by atoms with van der Waals surface area (Å²) >= 11 is 0. The van der Waals surface area contributed by atoms with E-state index in [1.54, 1.807) is 12.1 Å². The number of hydrogen-bond acceptors (Lipinski definition) is 4. The summed E-state index contributed by atoms with van der Waals surface area (Å²) in [6.45, 7) is -2.77. The third-order valence-corrected chi connectivity index (χ3v) is 1.82. The van der Waals surface area contributed by atoms with Crippen LogP contribution in [0.3, 0.4) is 0 Å². The molecule has 0 saturated carbocycles. The van der Waals surface area contributed by atoms with Crippen LogP contribution in [0.4, 0.5) is 8.78 Å². The molecule has 1 aromatic carbocycles. The van der Waals surface area contributed by atoms with E-state index in [2.05, 4.69) is 9.72 Å². The lowest BCUT2D eigenvalue weighted by atomic mass is 10.3. The Morgan fingerprint density at radius 2 is 2.27 bits per heavy atom. The van der Waals surface area contributed by atoms with E-state index in [1.165, 1.54) is 6.07 Å². The molecule has 4 nitrogen and oxygen atoms in total. The van der Waals surface area contributed by atoms with Gasteiger partial charge < -0.3 is 14.9 Å². The molecular weight excluding hydrogens is 206 g/mol. The number of nitrogens with two attached hydrogens (primary N) is 1. The Morgan fingerprint density at radius 3 is 2.93 bits per heavy atom. The van der Waals surface area contributed by atoms with Gasteiger partial charge in [0.25, 0.3) is 0 Å². The van der Waals surface area contributed by atoms with Gasteiger partial charge in [-0.3, -0.25) is 0 Å². The van der Waals surface area contributed by atoms with Gasteiger partial charge in [0.2, 0.25) is 5.89 Å². The number of nitrogens with zero attached hydrogens (tertiary/aromatic N) is 1. The van der Waals surface area contributed by atoms with Gasteiger partial charge in [-0.15, -0.1) is 0 Å². The summed E-state index contributed by atoms with van der Waals surface area (Å²) in [7, 11) is 0. The van der Waals surface area contributed by atoms with Gasteiger partial charge in [-0.1, -0.05) is 6.07 Å². The quantitative estimate of drug-likeness (QED) is 0.847. The van der Waals surface area contributed by atoms with Crippen molar-refractivity contribution in [2.24, 2.45) is 5.73 Å². The van der Waals surface area contributed by atoms with Gasteiger partial charge in [-0.25, -0.2) is 4.98 Å². The van der Waals surface area contributed by atoms with Gasteiger partial charge in [-0.05, 0) is 12.1 Å². The minimum atomic E-state index is -2.88. The number of oxazole rings is 1.